The van der Waals surface area contributed by atoms with Crippen LogP contribution in [-0.2, 0) is 4.79 Å². The Hall–Kier alpha value is -2.49. The number of anilines is 1. The lowest BCUT2D eigenvalue weighted by Gasteiger charge is -2.02. The molecule has 0 fully saturated rings. The molecule has 1 heterocycles. The van der Waals surface area contributed by atoms with E-state index in [2.05, 4.69) is 10.3 Å². The Labute approximate surface area is 98.3 Å². The molecule has 2 rings (SSSR count). The lowest BCUT2D eigenvalue weighted by Crippen LogP contribution is -2.01. The first-order chi connectivity index (χ1) is 8.31. The summed E-state index contributed by atoms with van der Waals surface area (Å²) in [5.74, 6) is -0.0648. The molecule has 0 unspecified atom stereocenters. The van der Waals surface area contributed by atoms with Gasteiger partial charge in [0.25, 0.3) is 0 Å². The third-order valence-corrected chi connectivity index (χ3v) is 2.32. The minimum Gasteiger partial charge on any atom is -0.329 e. The van der Waals surface area contributed by atoms with E-state index in [0.29, 0.717) is 23.2 Å². The van der Waals surface area contributed by atoms with Crippen LogP contribution in [0, 0.1) is 0 Å². The molecule has 1 amide bonds. The third-order valence-electron chi connectivity index (χ3n) is 2.32. The van der Waals surface area contributed by atoms with Gasteiger partial charge in [-0.3, -0.25) is 14.6 Å². The molecule has 0 saturated heterocycles. The highest BCUT2D eigenvalue weighted by atomic mass is 16.1. The maximum atomic E-state index is 12.0. The summed E-state index contributed by atoms with van der Waals surface area (Å²) in [6, 6.07) is 10.1. The molecule has 4 heteroatoms. The van der Waals surface area contributed by atoms with E-state index in [1.807, 2.05) is 0 Å². The first-order valence-corrected chi connectivity index (χ1v) is 5.06. The molecule has 17 heavy (non-hydrogen) atoms. The summed E-state index contributed by atoms with van der Waals surface area (Å²) in [6.45, 7) is 0. The van der Waals surface area contributed by atoms with Crippen LogP contribution in [0.2, 0.25) is 0 Å². The Morgan fingerprint density at radius 2 is 1.59 bits per heavy atom. The number of hydrogen-bond acceptors (Lipinski definition) is 3. The quantitative estimate of drug-likeness (QED) is 0.639. The number of carbonyl (C=O) groups excluding carboxylic acids is 2. The van der Waals surface area contributed by atoms with Crippen molar-refractivity contribution in [2.75, 3.05) is 5.32 Å². The number of aromatic nitrogens is 1. The maximum absolute atomic E-state index is 12.0. The zero-order chi connectivity index (χ0) is 12.1. The van der Waals surface area contributed by atoms with Crippen LogP contribution in [0.5, 0.6) is 0 Å². The van der Waals surface area contributed by atoms with E-state index < -0.39 is 0 Å². The summed E-state index contributed by atoms with van der Waals surface area (Å²) < 4.78 is 0. The van der Waals surface area contributed by atoms with Gasteiger partial charge in [-0.05, 0) is 36.4 Å². The van der Waals surface area contributed by atoms with E-state index in [0.717, 1.165) is 0 Å². The van der Waals surface area contributed by atoms with E-state index in [4.69, 9.17) is 0 Å². The van der Waals surface area contributed by atoms with Crippen molar-refractivity contribution in [3.63, 3.8) is 0 Å². The number of ketones is 1. The van der Waals surface area contributed by atoms with Crippen molar-refractivity contribution in [3.05, 3.63) is 59.9 Å². The van der Waals surface area contributed by atoms with Crippen LogP contribution in [0.3, 0.4) is 0 Å². The predicted molar refractivity (Wildman–Crippen MR) is 63.8 cm³/mol. The van der Waals surface area contributed by atoms with Gasteiger partial charge in [-0.2, -0.15) is 0 Å². The molecule has 0 radical (unpaired) electrons. The zero-order valence-electron chi connectivity index (χ0n) is 8.96. The Kier molecular flexibility index (Phi) is 3.25. The number of hydrogen-bond donors (Lipinski definition) is 1. The van der Waals surface area contributed by atoms with Gasteiger partial charge in [0.15, 0.2) is 5.78 Å². The van der Waals surface area contributed by atoms with Crippen LogP contribution in [-0.4, -0.2) is 17.2 Å². The van der Waals surface area contributed by atoms with Gasteiger partial charge in [0, 0.05) is 29.2 Å². The van der Waals surface area contributed by atoms with E-state index in [-0.39, 0.29) is 5.78 Å². The fourth-order valence-electron chi connectivity index (χ4n) is 1.46. The third kappa shape index (κ3) is 2.55. The van der Waals surface area contributed by atoms with Crippen molar-refractivity contribution < 1.29 is 9.59 Å². The minimum absolute atomic E-state index is 0.0648. The van der Waals surface area contributed by atoms with Crippen LogP contribution in [0.15, 0.2) is 48.8 Å². The molecule has 1 N–H and O–H groups in total. The SMILES string of the molecule is O=CNc1ccc(C(=O)c2ccncc2)cc1. The number of pyridine rings is 1. The monoisotopic (exact) mass is 226 g/mol. The molecule has 4 nitrogen and oxygen atoms in total. The van der Waals surface area contributed by atoms with Crippen LogP contribution in [0.1, 0.15) is 15.9 Å². The van der Waals surface area contributed by atoms with Crippen LogP contribution >= 0.6 is 0 Å². The summed E-state index contributed by atoms with van der Waals surface area (Å²) in [6.07, 6.45) is 3.75. The van der Waals surface area contributed by atoms with Crippen molar-refractivity contribution >= 4 is 17.9 Å². The van der Waals surface area contributed by atoms with Crippen molar-refractivity contribution in [1.29, 1.82) is 0 Å². The van der Waals surface area contributed by atoms with E-state index in [1.165, 1.54) is 0 Å². The fraction of sp³-hybridized carbons (Fsp3) is 0. The molecule has 0 saturated carbocycles. The average Bonchev–Trinajstić information content (AvgIpc) is 2.40. The normalized spacial score (nSPS) is 9.65. The molecule has 0 aliphatic carbocycles. The smallest absolute Gasteiger partial charge is 0.211 e. The molecule has 2 aromatic rings. The second-order valence-electron chi connectivity index (χ2n) is 3.40. The Balaban J connectivity index is 2.23. The van der Waals surface area contributed by atoms with Gasteiger partial charge in [0.05, 0.1) is 0 Å². The maximum Gasteiger partial charge on any atom is 0.211 e. The topological polar surface area (TPSA) is 59.1 Å². The lowest BCUT2D eigenvalue weighted by atomic mass is 10.0. The highest BCUT2D eigenvalue weighted by Gasteiger charge is 2.07. The van der Waals surface area contributed by atoms with Crippen molar-refractivity contribution in [3.8, 4) is 0 Å². The number of nitrogens with one attached hydrogen (secondary N) is 1. The molecule has 0 spiro atoms. The van der Waals surface area contributed by atoms with E-state index >= 15 is 0 Å². The molecular weight excluding hydrogens is 216 g/mol. The first-order valence-electron chi connectivity index (χ1n) is 5.06. The average molecular weight is 226 g/mol. The second kappa shape index (κ2) is 5.03. The first kappa shape index (κ1) is 11.0. The zero-order valence-corrected chi connectivity index (χ0v) is 8.96. The van der Waals surface area contributed by atoms with Gasteiger partial charge >= 0.3 is 0 Å². The number of benzene rings is 1. The highest BCUT2D eigenvalue weighted by molar-refractivity contribution is 6.09. The van der Waals surface area contributed by atoms with Gasteiger partial charge < -0.3 is 5.32 Å². The largest absolute Gasteiger partial charge is 0.329 e. The van der Waals surface area contributed by atoms with Gasteiger partial charge in [0.1, 0.15) is 0 Å². The molecule has 1 aromatic carbocycles. The summed E-state index contributed by atoms with van der Waals surface area (Å²) in [7, 11) is 0. The van der Waals surface area contributed by atoms with Crippen LogP contribution < -0.4 is 5.32 Å². The minimum atomic E-state index is -0.0648. The summed E-state index contributed by atoms with van der Waals surface area (Å²) in [4.78, 5) is 26.1. The van der Waals surface area contributed by atoms with Gasteiger partial charge in [-0.1, -0.05) is 0 Å². The second-order valence-corrected chi connectivity index (χ2v) is 3.40. The van der Waals surface area contributed by atoms with E-state index in [9.17, 15) is 9.59 Å². The van der Waals surface area contributed by atoms with Crippen molar-refractivity contribution in [2.45, 2.75) is 0 Å². The van der Waals surface area contributed by atoms with Gasteiger partial charge in [-0.15, -0.1) is 0 Å². The van der Waals surface area contributed by atoms with E-state index in [1.54, 1.807) is 48.8 Å². The number of amides is 1. The molecule has 84 valence electrons. The van der Waals surface area contributed by atoms with Crippen molar-refractivity contribution in [1.82, 2.24) is 4.98 Å². The standard InChI is InChI=1S/C13H10N2O2/c16-9-15-12-3-1-10(2-4-12)13(17)11-5-7-14-8-6-11/h1-9H,(H,15,16). The molecule has 1 aromatic heterocycles. The predicted octanol–water partition coefficient (Wildman–Crippen LogP) is 1.88. The molecular formula is C13H10N2O2. The molecule has 0 aliphatic rings. The van der Waals surface area contributed by atoms with Gasteiger partial charge in [-0.25, -0.2) is 0 Å². The number of nitrogens with zero attached hydrogens (tertiary/aromatic N) is 1. The Morgan fingerprint density at radius 3 is 2.18 bits per heavy atom. The van der Waals surface area contributed by atoms with Crippen LogP contribution in [0.4, 0.5) is 5.69 Å². The number of carbonyl (C=O) groups is 2. The van der Waals surface area contributed by atoms with Crippen molar-refractivity contribution in [2.24, 2.45) is 0 Å². The molecule has 0 bridgehead atoms. The molecule has 0 aliphatic heterocycles. The Morgan fingerprint density at radius 1 is 1.00 bits per heavy atom. The van der Waals surface area contributed by atoms with Crippen LogP contribution in [0.25, 0.3) is 0 Å². The Bertz CT molecular complexity index is 521. The fourth-order valence-corrected chi connectivity index (χ4v) is 1.46. The molecule has 0 atom stereocenters. The summed E-state index contributed by atoms with van der Waals surface area (Å²) in [5, 5.41) is 2.51. The lowest BCUT2D eigenvalue weighted by molar-refractivity contribution is -0.105. The summed E-state index contributed by atoms with van der Waals surface area (Å²) >= 11 is 0. The highest BCUT2D eigenvalue weighted by Crippen LogP contribution is 2.12. The number of rotatable bonds is 4. The summed E-state index contributed by atoms with van der Waals surface area (Å²) in [5.41, 5.74) is 1.83. The van der Waals surface area contributed by atoms with Gasteiger partial charge in [0.2, 0.25) is 6.41 Å².